The third kappa shape index (κ3) is 7.33. The largest absolute Gasteiger partial charge is 0.462 e. The zero-order valence-electron chi connectivity index (χ0n) is 15.4. The predicted octanol–water partition coefficient (Wildman–Crippen LogP) is 3.70. The van der Waals surface area contributed by atoms with Crippen LogP contribution < -0.4 is 5.32 Å². The fourth-order valence-corrected chi connectivity index (χ4v) is 1.97. The third-order valence-corrected chi connectivity index (χ3v) is 3.01. The van der Waals surface area contributed by atoms with Gasteiger partial charge >= 0.3 is 12.1 Å². The van der Waals surface area contributed by atoms with Crippen LogP contribution in [0.25, 0.3) is 6.08 Å². The Hall–Kier alpha value is -2.90. The highest BCUT2D eigenvalue weighted by Crippen LogP contribution is 2.22. The van der Waals surface area contributed by atoms with E-state index < -0.39 is 22.6 Å². The molecule has 142 valence electrons. The molecule has 0 radical (unpaired) electrons. The normalized spacial score (nSPS) is 11.2. The number of nitro groups is 1. The molecule has 0 aromatic heterocycles. The van der Waals surface area contributed by atoms with Gasteiger partial charge in [-0.15, -0.1) is 0 Å². The van der Waals surface area contributed by atoms with E-state index in [4.69, 9.17) is 9.47 Å². The summed E-state index contributed by atoms with van der Waals surface area (Å²) in [7, 11) is 0. The number of alkyl carbamates (subject to hydrolysis) is 1. The van der Waals surface area contributed by atoms with E-state index in [1.807, 2.05) is 0 Å². The first-order chi connectivity index (χ1) is 12.1. The molecule has 8 heteroatoms. The van der Waals surface area contributed by atoms with Crippen molar-refractivity contribution in [1.29, 1.82) is 0 Å². The Morgan fingerprint density at radius 3 is 2.58 bits per heavy atom. The molecule has 26 heavy (non-hydrogen) atoms. The zero-order chi connectivity index (χ0) is 19.7. The summed E-state index contributed by atoms with van der Waals surface area (Å²) < 4.78 is 9.94. The van der Waals surface area contributed by atoms with Crippen LogP contribution in [0.15, 0.2) is 24.3 Å². The van der Waals surface area contributed by atoms with E-state index in [1.165, 1.54) is 18.2 Å². The van der Waals surface area contributed by atoms with Crippen LogP contribution in [0.3, 0.4) is 0 Å². The molecule has 0 saturated carbocycles. The van der Waals surface area contributed by atoms with Crippen LogP contribution >= 0.6 is 0 Å². The van der Waals surface area contributed by atoms with Crippen LogP contribution in [-0.4, -0.2) is 35.7 Å². The first-order valence-electron chi connectivity index (χ1n) is 8.23. The number of nitrogens with one attached hydrogen (secondary N) is 1. The van der Waals surface area contributed by atoms with Gasteiger partial charge in [0.1, 0.15) is 5.60 Å². The topological polar surface area (TPSA) is 108 Å². The van der Waals surface area contributed by atoms with Gasteiger partial charge in [-0.2, -0.15) is 0 Å². The van der Waals surface area contributed by atoms with Gasteiger partial charge in [-0.25, -0.2) is 9.59 Å². The minimum atomic E-state index is -0.604. The Morgan fingerprint density at radius 2 is 2.00 bits per heavy atom. The van der Waals surface area contributed by atoms with Crippen molar-refractivity contribution < 1.29 is 24.0 Å². The monoisotopic (exact) mass is 364 g/mol. The maximum absolute atomic E-state index is 11.7. The molecule has 0 atom stereocenters. The van der Waals surface area contributed by atoms with Crippen molar-refractivity contribution >= 4 is 23.8 Å². The summed E-state index contributed by atoms with van der Waals surface area (Å²) in [6, 6.07) is 4.16. The lowest BCUT2D eigenvalue weighted by Gasteiger charge is -2.19. The summed E-state index contributed by atoms with van der Waals surface area (Å²) in [5.74, 6) is -0.604. The van der Waals surface area contributed by atoms with E-state index >= 15 is 0 Å². The zero-order valence-corrected chi connectivity index (χ0v) is 15.4. The third-order valence-electron chi connectivity index (χ3n) is 3.01. The fraction of sp³-hybridized carbons (Fsp3) is 0.444. The lowest BCUT2D eigenvalue weighted by Crippen LogP contribution is -2.32. The molecule has 0 spiro atoms. The molecule has 1 amide bonds. The summed E-state index contributed by atoms with van der Waals surface area (Å²) in [6.07, 6.45) is 3.22. The standard InChI is InChI=1S/C18H24N2O6/c1-5-25-16(21)14-10-9-13(15(12-14)20(23)24)8-6-7-11-19-17(22)26-18(2,3)4/h6,8-10,12H,5,7,11H2,1-4H3,(H,19,22). The van der Waals surface area contributed by atoms with Crippen molar-refractivity contribution in [2.75, 3.05) is 13.2 Å². The number of esters is 1. The first kappa shape index (κ1) is 21.1. The molecule has 0 unspecified atom stereocenters. The number of amides is 1. The number of nitro benzene ring substituents is 1. The van der Waals surface area contributed by atoms with Crippen LogP contribution in [0, 0.1) is 10.1 Å². The number of carbonyl (C=O) groups is 2. The van der Waals surface area contributed by atoms with Crippen molar-refractivity contribution in [3.63, 3.8) is 0 Å². The SMILES string of the molecule is CCOC(=O)c1ccc(C=CCCNC(=O)OC(C)(C)C)c([N+](=O)[O-])c1. The van der Waals surface area contributed by atoms with E-state index in [1.54, 1.807) is 39.8 Å². The van der Waals surface area contributed by atoms with E-state index in [-0.39, 0.29) is 17.9 Å². The summed E-state index contributed by atoms with van der Waals surface area (Å²) in [5.41, 5.74) is -0.268. The maximum atomic E-state index is 11.7. The second-order valence-corrected chi connectivity index (χ2v) is 6.37. The number of carbonyl (C=O) groups excluding carboxylic acids is 2. The minimum Gasteiger partial charge on any atom is -0.462 e. The predicted molar refractivity (Wildman–Crippen MR) is 96.9 cm³/mol. The van der Waals surface area contributed by atoms with Crippen molar-refractivity contribution in [1.82, 2.24) is 5.32 Å². The quantitative estimate of drug-likeness (QED) is 0.342. The number of hydrogen-bond acceptors (Lipinski definition) is 6. The van der Waals surface area contributed by atoms with Crippen LogP contribution in [0.2, 0.25) is 0 Å². The van der Waals surface area contributed by atoms with Gasteiger partial charge < -0.3 is 14.8 Å². The van der Waals surface area contributed by atoms with Crippen molar-refractivity contribution in [2.24, 2.45) is 0 Å². The summed E-state index contributed by atoms with van der Waals surface area (Å²) >= 11 is 0. The van der Waals surface area contributed by atoms with Gasteiger partial charge in [0.15, 0.2) is 0 Å². The highest BCUT2D eigenvalue weighted by molar-refractivity contribution is 5.90. The second kappa shape index (κ2) is 9.55. The summed E-state index contributed by atoms with van der Waals surface area (Å²) in [4.78, 5) is 33.8. The Kier molecular flexibility index (Phi) is 7.77. The molecule has 8 nitrogen and oxygen atoms in total. The molecule has 0 saturated heterocycles. The Labute approximate surface area is 152 Å². The van der Waals surface area contributed by atoms with Gasteiger partial charge in [-0.3, -0.25) is 10.1 Å². The van der Waals surface area contributed by atoms with Crippen molar-refractivity contribution in [3.05, 3.63) is 45.5 Å². The van der Waals surface area contributed by atoms with Crippen LogP contribution in [-0.2, 0) is 9.47 Å². The second-order valence-electron chi connectivity index (χ2n) is 6.37. The van der Waals surface area contributed by atoms with Crippen LogP contribution in [0.5, 0.6) is 0 Å². The molecule has 0 bridgehead atoms. The number of nitrogens with zero attached hydrogens (tertiary/aromatic N) is 1. The summed E-state index contributed by atoms with van der Waals surface area (Å²) in [5, 5.41) is 13.8. The van der Waals surface area contributed by atoms with Gasteiger partial charge in [0.2, 0.25) is 0 Å². The molecule has 0 aliphatic heterocycles. The maximum Gasteiger partial charge on any atom is 0.407 e. The van der Waals surface area contributed by atoms with Gasteiger partial charge in [0, 0.05) is 12.6 Å². The Bertz CT molecular complexity index is 691. The molecule has 1 aromatic rings. The van der Waals surface area contributed by atoms with Gasteiger partial charge in [-0.1, -0.05) is 12.2 Å². The highest BCUT2D eigenvalue weighted by Gasteiger charge is 2.17. The smallest absolute Gasteiger partial charge is 0.407 e. The number of ether oxygens (including phenoxy) is 2. The fourth-order valence-electron chi connectivity index (χ4n) is 1.97. The molecular weight excluding hydrogens is 340 g/mol. The van der Waals surface area contributed by atoms with Crippen LogP contribution in [0.1, 0.15) is 50.0 Å². The molecular formula is C18H24N2O6. The van der Waals surface area contributed by atoms with E-state index in [9.17, 15) is 19.7 Å². The number of hydrogen-bond donors (Lipinski definition) is 1. The lowest BCUT2D eigenvalue weighted by atomic mass is 10.1. The summed E-state index contributed by atoms with van der Waals surface area (Å²) in [6.45, 7) is 7.50. The molecule has 0 heterocycles. The van der Waals surface area contributed by atoms with Gasteiger partial charge in [-0.05, 0) is 46.2 Å². The Balaban J connectivity index is 2.68. The van der Waals surface area contributed by atoms with Gasteiger partial charge in [0.25, 0.3) is 5.69 Å². The Morgan fingerprint density at radius 1 is 1.31 bits per heavy atom. The van der Waals surface area contributed by atoms with Crippen molar-refractivity contribution in [2.45, 2.75) is 39.7 Å². The number of benzene rings is 1. The first-order valence-corrected chi connectivity index (χ1v) is 8.23. The average Bonchev–Trinajstić information content (AvgIpc) is 2.53. The molecule has 0 fully saturated rings. The van der Waals surface area contributed by atoms with Crippen LogP contribution in [0.4, 0.5) is 10.5 Å². The van der Waals surface area contributed by atoms with E-state index in [0.29, 0.717) is 18.5 Å². The molecule has 1 rings (SSSR count). The molecule has 0 aliphatic rings. The number of rotatable bonds is 7. The van der Waals surface area contributed by atoms with Gasteiger partial charge in [0.05, 0.1) is 22.7 Å². The van der Waals surface area contributed by atoms with E-state index in [2.05, 4.69) is 5.32 Å². The average molecular weight is 364 g/mol. The highest BCUT2D eigenvalue weighted by atomic mass is 16.6. The lowest BCUT2D eigenvalue weighted by molar-refractivity contribution is -0.385. The molecule has 1 aromatic carbocycles. The van der Waals surface area contributed by atoms with E-state index in [0.717, 1.165) is 0 Å². The molecule has 1 N–H and O–H groups in total. The van der Waals surface area contributed by atoms with Crippen molar-refractivity contribution in [3.8, 4) is 0 Å². The minimum absolute atomic E-state index is 0.127. The molecule has 0 aliphatic carbocycles.